The maximum atomic E-state index is 13.6. The molecule has 26 heavy (non-hydrogen) atoms. The van der Waals surface area contributed by atoms with Crippen molar-refractivity contribution < 1.29 is 9.50 Å². The molecule has 0 radical (unpaired) electrons. The van der Waals surface area contributed by atoms with Gasteiger partial charge >= 0.3 is 0 Å². The van der Waals surface area contributed by atoms with Crippen molar-refractivity contribution in [2.24, 2.45) is 4.99 Å². The molecule has 0 aliphatic carbocycles. The summed E-state index contributed by atoms with van der Waals surface area (Å²) in [6.45, 7) is 3.42. The van der Waals surface area contributed by atoms with Crippen molar-refractivity contribution in [2.75, 3.05) is 19.6 Å². The molecule has 0 spiro atoms. The molecule has 0 amide bonds. The van der Waals surface area contributed by atoms with E-state index < -0.39 is 6.10 Å². The van der Waals surface area contributed by atoms with Gasteiger partial charge in [-0.25, -0.2) is 4.39 Å². The molecule has 1 atom stereocenters. The topological polar surface area (TPSA) is 56.7 Å². The molecular formula is C19H24ClFIN3O. The highest BCUT2D eigenvalue weighted by Crippen LogP contribution is 2.16. The molecule has 0 fully saturated rings. The minimum atomic E-state index is -0.709. The summed E-state index contributed by atoms with van der Waals surface area (Å²) in [5.74, 6) is 0.385. The summed E-state index contributed by atoms with van der Waals surface area (Å²) < 4.78 is 13.6. The second-order valence-corrected chi connectivity index (χ2v) is 5.99. The average molecular weight is 492 g/mol. The second kappa shape index (κ2) is 12.1. The van der Waals surface area contributed by atoms with Crippen LogP contribution in [0.1, 0.15) is 24.2 Å². The minimum Gasteiger partial charge on any atom is -0.386 e. The zero-order valence-corrected chi connectivity index (χ0v) is 17.7. The predicted molar refractivity (Wildman–Crippen MR) is 116 cm³/mol. The molecule has 0 saturated carbocycles. The Labute approximate surface area is 175 Å². The van der Waals surface area contributed by atoms with Gasteiger partial charge in [-0.15, -0.1) is 24.0 Å². The largest absolute Gasteiger partial charge is 0.386 e. The van der Waals surface area contributed by atoms with Crippen molar-refractivity contribution in [1.82, 2.24) is 10.6 Å². The lowest BCUT2D eigenvalue weighted by Crippen LogP contribution is -2.38. The lowest BCUT2D eigenvalue weighted by molar-refractivity contribution is 0.187. The zero-order chi connectivity index (χ0) is 18.1. The third-order valence-electron chi connectivity index (χ3n) is 3.67. The van der Waals surface area contributed by atoms with Crippen molar-refractivity contribution in [3.63, 3.8) is 0 Å². The van der Waals surface area contributed by atoms with Crippen LogP contribution in [0.4, 0.5) is 4.39 Å². The number of aliphatic hydroxyl groups excluding tert-OH is 1. The van der Waals surface area contributed by atoms with Crippen molar-refractivity contribution in [1.29, 1.82) is 0 Å². The highest BCUT2D eigenvalue weighted by atomic mass is 127. The quantitative estimate of drug-likeness (QED) is 0.313. The number of hydrogen-bond donors (Lipinski definition) is 3. The molecule has 3 N–H and O–H groups in total. The van der Waals surface area contributed by atoms with Crippen LogP contribution in [0.2, 0.25) is 5.02 Å². The maximum Gasteiger partial charge on any atom is 0.191 e. The predicted octanol–water partition coefficient (Wildman–Crippen LogP) is 3.93. The molecule has 0 aliphatic rings. The van der Waals surface area contributed by atoms with Crippen LogP contribution >= 0.6 is 35.6 Å². The number of rotatable bonds is 7. The first-order chi connectivity index (χ1) is 12.1. The monoisotopic (exact) mass is 491 g/mol. The lowest BCUT2D eigenvalue weighted by atomic mass is 10.1. The Morgan fingerprint density at radius 2 is 1.85 bits per heavy atom. The number of nitrogens with one attached hydrogen (secondary N) is 2. The van der Waals surface area contributed by atoms with Gasteiger partial charge in [0.1, 0.15) is 5.82 Å². The lowest BCUT2D eigenvalue weighted by Gasteiger charge is -2.13. The van der Waals surface area contributed by atoms with Crippen LogP contribution in [0.5, 0.6) is 0 Å². The molecule has 0 aromatic heterocycles. The average Bonchev–Trinajstić information content (AvgIpc) is 2.61. The van der Waals surface area contributed by atoms with Gasteiger partial charge in [0, 0.05) is 18.1 Å². The second-order valence-electron chi connectivity index (χ2n) is 5.56. The van der Waals surface area contributed by atoms with Gasteiger partial charge in [-0.05, 0) is 42.7 Å². The number of guanidine groups is 1. The first kappa shape index (κ1) is 22.7. The first-order valence-corrected chi connectivity index (χ1v) is 8.67. The van der Waals surface area contributed by atoms with Crippen molar-refractivity contribution in [2.45, 2.75) is 19.4 Å². The van der Waals surface area contributed by atoms with E-state index in [-0.39, 0.29) is 36.3 Å². The van der Waals surface area contributed by atoms with Gasteiger partial charge in [-0.1, -0.05) is 41.9 Å². The molecular weight excluding hydrogens is 468 g/mol. The van der Waals surface area contributed by atoms with E-state index in [1.807, 2.05) is 13.0 Å². The van der Waals surface area contributed by atoms with E-state index in [4.69, 9.17) is 11.6 Å². The minimum absolute atomic E-state index is 0. The number of nitrogens with zero attached hydrogens (tertiary/aromatic N) is 1. The van der Waals surface area contributed by atoms with Gasteiger partial charge in [0.15, 0.2) is 5.96 Å². The SMILES string of the molecule is CCNC(=NCC(O)c1ccc(Cl)cc1)NCCc1ccccc1F.I. The van der Waals surface area contributed by atoms with Crippen LogP contribution in [0.25, 0.3) is 0 Å². The smallest absolute Gasteiger partial charge is 0.191 e. The summed E-state index contributed by atoms with van der Waals surface area (Å²) in [7, 11) is 0. The highest BCUT2D eigenvalue weighted by molar-refractivity contribution is 14.0. The summed E-state index contributed by atoms with van der Waals surface area (Å²) in [6, 6.07) is 13.8. The fourth-order valence-electron chi connectivity index (χ4n) is 2.33. The Bertz CT molecular complexity index is 697. The van der Waals surface area contributed by atoms with Crippen molar-refractivity contribution in [3.8, 4) is 0 Å². The molecule has 4 nitrogen and oxygen atoms in total. The van der Waals surface area contributed by atoms with Crippen LogP contribution < -0.4 is 10.6 Å². The van der Waals surface area contributed by atoms with Crippen LogP contribution in [-0.2, 0) is 6.42 Å². The Morgan fingerprint density at radius 1 is 1.15 bits per heavy atom. The van der Waals surface area contributed by atoms with E-state index >= 15 is 0 Å². The summed E-state index contributed by atoms with van der Waals surface area (Å²) in [5.41, 5.74) is 1.42. The molecule has 0 saturated heterocycles. The molecule has 1 unspecified atom stereocenters. The maximum absolute atomic E-state index is 13.6. The Hall–Kier alpha value is -1.38. The molecule has 0 aliphatic heterocycles. The van der Waals surface area contributed by atoms with Crippen molar-refractivity contribution in [3.05, 3.63) is 70.5 Å². The third-order valence-corrected chi connectivity index (χ3v) is 3.92. The summed E-state index contributed by atoms with van der Waals surface area (Å²) >= 11 is 5.85. The van der Waals surface area contributed by atoms with Crippen LogP contribution in [0.15, 0.2) is 53.5 Å². The number of hydrogen-bond acceptors (Lipinski definition) is 2. The molecule has 2 rings (SSSR count). The molecule has 0 heterocycles. The number of halogens is 3. The van der Waals surface area contributed by atoms with Gasteiger partial charge < -0.3 is 15.7 Å². The molecule has 7 heteroatoms. The molecule has 0 bridgehead atoms. The number of aliphatic imine (C=N–C) groups is 1. The van der Waals surface area contributed by atoms with Gasteiger partial charge in [0.2, 0.25) is 0 Å². The van der Waals surface area contributed by atoms with E-state index in [0.29, 0.717) is 36.1 Å². The summed E-state index contributed by atoms with van der Waals surface area (Å²) in [5, 5.41) is 17.1. The fourth-order valence-corrected chi connectivity index (χ4v) is 2.45. The van der Waals surface area contributed by atoms with Gasteiger partial charge in [0.05, 0.1) is 12.6 Å². The van der Waals surface area contributed by atoms with Gasteiger partial charge in [0.25, 0.3) is 0 Å². The molecule has 2 aromatic rings. The Kier molecular flexibility index (Phi) is 10.5. The zero-order valence-electron chi connectivity index (χ0n) is 14.6. The number of benzene rings is 2. The van der Waals surface area contributed by atoms with Gasteiger partial charge in [-0.3, -0.25) is 4.99 Å². The van der Waals surface area contributed by atoms with Gasteiger partial charge in [-0.2, -0.15) is 0 Å². The molecule has 2 aromatic carbocycles. The van der Waals surface area contributed by atoms with E-state index in [1.165, 1.54) is 6.07 Å². The van der Waals surface area contributed by atoms with E-state index in [0.717, 1.165) is 5.56 Å². The Balaban J connectivity index is 0.00000338. The van der Waals surface area contributed by atoms with Crippen molar-refractivity contribution >= 4 is 41.5 Å². The van der Waals surface area contributed by atoms with E-state index in [9.17, 15) is 9.50 Å². The van der Waals surface area contributed by atoms with Crippen LogP contribution in [0.3, 0.4) is 0 Å². The highest BCUT2D eigenvalue weighted by Gasteiger charge is 2.08. The third kappa shape index (κ3) is 7.47. The molecule has 142 valence electrons. The fraction of sp³-hybridized carbons (Fsp3) is 0.316. The summed E-state index contributed by atoms with van der Waals surface area (Å²) in [4.78, 5) is 4.38. The van der Waals surface area contributed by atoms with E-state index in [2.05, 4.69) is 15.6 Å². The standard InChI is InChI=1S/C19H23ClFN3O.HI/c1-2-22-19(23-12-11-14-5-3-4-6-17(14)21)24-13-18(25)15-7-9-16(20)10-8-15;/h3-10,18,25H,2,11-13H2,1H3,(H2,22,23,24);1H. The summed E-state index contributed by atoms with van der Waals surface area (Å²) in [6.07, 6.45) is -0.157. The first-order valence-electron chi connectivity index (χ1n) is 8.29. The van der Waals surface area contributed by atoms with Crippen LogP contribution in [0, 0.1) is 5.82 Å². The van der Waals surface area contributed by atoms with Crippen LogP contribution in [-0.4, -0.2) is 30.7 Å². The Morgan fingerprint density at radius 3 is 2.50 bits per heavy atom. The normalized spacial score (nSPS) is 12.2. The van der Waals surface area contributed by atoms with E-state index in [1.54, 1.807) is 36.4 Å². The number of aliphatic hydroxyl groups is 1.